The molecule has 0 saturated carbocycles. The maximum atomic E-state index is 12.3. The van der Waals surface area contributed by atoms with Crippen molar-refractivity contribution in [3.8, 4) is 11.8 Å². The number of pyridine rings is 1. The van der Waals surface area contributed by atoms with Gasteiger partial charge in [0.05, 0.1) is 0 Å². The van der Waals surface area contributed by atoms with Crippen LogP contribution in [0.1, 0.15) is 23.8 Å². The summed E-state index contributed by atoms with van der Waals surface area (Å²) in [6.07, 6.45) is 2.37. The molecule has 0 radical (unpaired) electrons. The van der Waals surface area contributed by atoms with Crippen LogP contribution >= 0.6 is 0 Å². The summed E-state index contributed by atoms with van der Waals surface area (Å²) in [6.45, 7) is 3.96. The minimum Gasteiger partial charge on any atom is -0.335 e. The fourth-order valence-corrected chi connectivity index (χ4v) is 2.16. The van der Waals surface area contributed by atoms with Gasteiger partial charge in [0.2, 0.25) is 0 Å². The first-order valence-corrected chi connectivity index (χ1v) is 6.64. The van der Waals surface area contributed by atoms with Gasteiger partial charge in [-0.1, -0.05) is 12.0 Å². The third-order valence-corrected chi connectivity index (χ3v) is 3.19. The second-order valence-corrected chi connectivity index (χ2v) is 4.53. The standard InChI is InChI=1S/C15H17N3O2/c1-2-6-14(19)17-9-5-10-18(12-11-17)15(20)13-7-3-4-8-16-13/h3-4,7-8H,5,9-12H2,1H3. The van der Waals surface area contributed by atoms with Gasteiger partial charge in [-0.3, -0.25) is 14.6 Å². The predicted molar refractivity (Wildman–Crippen MR) is 74.8 cm³/mol. The largest absolute Gasteiger partial charge is 0.335 e. The molecule has 104 valence electrons. The van der Waals surface area contributed by atoms with Crippen LogP contribution in [0, 0.1) is 11.8 Å². The van der Waals surface area contributed by atoms with Crippen molar-refractivity contribution in [2.24, 2.45) is 0 Å². The second-order valence-electron chi connectivity index (χ2n) is 4.53. The molecular weight excluding hydrogens is 254 g/mol. The van der Waals surface area contributed by atoms with E-state index in [1.807, 2.05) is 0 Å². The summed E-state index contributed by atoms with van der Waals surface area (Å²) in [5.74, 6) is 4.90. The lowest BCUT2D eigenvalue weighted by Crippen LogP contribution is -2.37. The fraction of sp³-hybridized carbons (Fsp3) is 0.400. The SMILES string of the molecule is CC#CC(=O)N1CCCN(C(=O)c2ccccn2)CC1. The van der Waals surface area contributed by atoms with E-state index in [0.29, 0.717) is 31.9 Å². The van der Waals surface area contributed by atoms with Crippen LogP contribution < -0.4 is 0 Å². The maximum absolute atomic E-state index is 12.3. The molecule has 0 unspecified atom stereocenters. The average molecular weight is 271 g/mol. The second kappa shape index (κ2) is 6.71. The van der Waals surface area contributed by atoms with Crippen molar-refractivity contribution < 1.29 is 9.59 Å². The first-order chi connectivity index (χ1) is 9.72. The van der Waals surface area contributed by atoms with Crippen LogP contribution in [-0.2, 0) is 4.79 Å². The molecule has 0 N–H and O–H groups in total. The van der Waals surface area contributed by atoms with Crippen molar-refractivity contribution in [2.45, 2.75) is 13.3 Å². The normalized spacial score (nSPS) is 15.1. The van der Waals surface area contributed by atoms with Crippen LogP contribution in [0.25, 0.3) is 0 Å². The van der Waals surface area contributed by atoms with Crippen LogP contribution in [-0.4, -0.2) is 52.8 Å². The Balaban J connectivity index is 2.00. The van der Waals surface area contributed by atoms with Crippen molar-refractivity contribution in [3.63, 3.8) is 0 Å². The smallest absolute Gasteiger partial charge is 0.298 e. The van der Waals surface area contributed by atoms with Crippen LogP contribution in [0.15, 0.2) is 24.4 Å². The molecule has 2 rings (SSSR count). The van der Waals surface area contributed by atoms with E-state index < -0.39 is 0 Å². The Bertz CT molecular complexity index is 545. The van der Waals surface area contributed by atoms with E-state index in [1.54, 1.807) is 41.1 Å². The molecule has 1 aliphatic rings. The summed E-state index contributed by atoms with van der Waals surface area (Å²) < 4.78 is 0. The van der Waals surface area contributed by atoms with Gasteiger partial charge in [0.25, 0.3) is 11.8 Å². The van der Waals surface area contributed by atoms with Gasteiger partial charge in [0, 0.05) is 32.4 Å². The molecule has 2 amide bonds. The van der Waals surface area contributed by atoms with E-state index >= 15 is 0 Å². The first kappa shape index (κ1) is 14.1. The number of nitrogens with zero attached hydrogens (tertiary/aromatic N) is 3. The number of rotatable bonds is 1. The molecule has 5 heteroatoms. The molecule has 1 aromatic rings. The Hall–Kier alpha value is -2.35. The zero-order valence-electron chi connectivity index (χ0n) is 11.5. The van der Waals surface area contributed by atoms with E-state index in [0.717, 1.165) is 6.42 Å². The molecule has 0 aliphatic carbocycles. The average Bonchev–Trinajstić information content (AvgIpc) is 2.73. The summed E-state index contributed by atoms with van der Waals surface area (Å²) >= 11 is 0. The molecule has 1 saturated heterocycles. The molecule has 2 heterocycles. The molecule has 1 aliphatic heterocycles. The Morgan fingerprint density at radius 3 is 2.60 bits per heavy atom. The zero-order chi connectivity index (χ0) is 14.4. The van der Waals surface area contributed by atoms with Crippen molar-refractivity contribution >= 4 is 11.8 Å². The lowest BCUT2D eigenvalue weighted by Gasteiger charge is -2.20. The number of carbonyl (C=O) groups excluding carboxylic acids is 2. The molecular formula is C15H17N3O2. The van der Waals surface area contributed by atoms with Gasteiger partial charge < -0.3 is 9.80 Å². The van der Waals surface area contributed by atoms with Crippen molar-refractivity contribution in [1.29, 1.82) is 0 Å². The molecule has 1 fully saturated rings. The summed E-state index contributed by atoms with van der Waals surface area (Å²) in [5.41, 5.74) is 0.445. The third-order valence-electron chi connectivity index (χ3n) is 3.19. The first-order valence-electron chi connectivity index (χ1n) is 6.64. The van der Waals surface area contributed by atoms with Gasteiger partial charge in [0.15, 0.2) is 0 Å². The molecule has 1 aromatic heterocycles. The van der Waals surface area contributed by atoms with Gasteiger partial charge >= 0.3 is 0 Å². The lowest BCUT2D eigenvalue weighted by molar-refractivity contribution is -0.124. The summed E-state index contributed by atoms with van der Waals surface area (Å²) in [4.78, 5) is 31.5. The van der Waals surface area contributed by atoms with Crippen LogP contribution in [0.2, 0.25) is 0 Å². The minimum atomic E-state index is -0.167. The van der Waals surface area contributed by atoms with Crippen LogP contribution in [0.5, 0.6) is 0 Å². The Morgan fingerprint density at radius 1 is 1.15 bits per heavy atom. The molecule has 0 spiro atoms. The van der Waals surface area contributed by atoms with E-state index in [9.17, 15) is 9.59 Å². The quantitative estimate of drug-likeness (QED) is 0.709. The highest BCUT2D eigenvalue weighted by molar-refractivity contribution is 5.94. The molecule has 0 aromatic carbocycles. The highest BCUT2D eigenvalue weighted by Crippen LogP contribution is 2.07. The Kier molecular flexibility index (Phi) is 4.72. The summed E-state index contributed by atoms with van der Waals surface area (Å²) in [7, 11) is 0. The monoisotopic (exact) mass is 271 g/mol. The Labute approximate surface area is 118 Å². The topological polar surface area (TPSA) is 53.5 Å². The van der Waals surface area contributed by atoms with Gasteiger partial charge in [0.1, 0.15) is 5.69 Å². The van der Waals surface area contributed by atoms with E-state index in [-0.39, 0.29) is 11.8 Å². The van der Waals surface area contributed by atoms with Gasteiger partial charge in [-0.05, 0) is 31.4 Å². The molecule has 0 atom stereocenters. The molecule has 20 heavy (non-hydrogen) atoms. The maximum Gasteiger partial charge on any atom is 0.298 e. The highest BCUT2D eigenvalue weighted by atomic mass is 16.2. The minimum absolute atomic E-state index is 0.0820. The van der Waals surface area contributed by atoms with Crippen LogP contribution in [0.4, 0.5) is 0 Å². The number of aromatic nitrogens is 1. The summed E-state index contributed by atoms with van der Waals surface area (Å²) in [5, 5.41) is 0. The van der Waals surface area contributed by atoms with Gasteiger partial charge in [-0.25, -0.2) is 0 Å². The van der Waals surface area contributed by atoms with Gasteiger partial charge in [-0.2, -0.15) is 0 Å². The third kappa shape index (κ3) is 3.35. The summed E-state index contributed by atoms with van der Waals surface area (Å²) in [6, 6.07) is 5.28. The van der Waals surface area contributed by atoms with Crippen molar-refractivity contribution in [1.82, 2.24) is 14.8 Å². The number of amides is 2. The zero-order valence-corrected chi connectivity index (χ0v) is 11.5. The van der Waals surface area contributed by atoms with Crippen LogP contribution in [0.3, 0.4) is 0 Å². The highest BCUT2D eigenvalue weighted by Gasteiger charge is 2.22. The van der Waals surface area contributed by atoms with Crippen molar-refractivity contribution in [2.75, 3.05) is 26.2 Å². The Morgan fingerprint density at radius 2 is 1.90 bits per heavy atom. The number of hydrogen-bond donors (Lipinski definition) is 0. The lowest BCUT2D eigenvalue weighted by atomic mass is 10.3. The predicted octanol–water partition coefficient (Wildman–Crippen LogP) is 0.779. The van der Waals surface area contributed by atoms with E-state index in [2.05, 4.69) is 16.8 Å². The molecule has 5 nitrogen and oxygen atoms in total. The number of carbonyl (C=O) groups is 2. The fourth-order valence-electron chi connectivity index (χ4n) is 2.16. The van der Waals surface area contributed by atoms with E-state index in [4.69, 9.17) is 0 Å². The van der Waals surface area contributed by atoms with E-state index in [1.165, 1.54) is 0 Å². The number of hydrogen-bond acceptors (Lipinski definition) is 3. The van der Waals surface area contributed by atoms with Crippen molar-refractivity contribution in [3.05, 3.63) is 30.1 Å². The van der Waals surface area contributed by atoms with Gasteiger partial charge in [-0.15, -0.1) is 0 Å². The molecule has 0 bridgehead atoms.